The molecule has 0 bridgehead atoms. The zero-order valence-electron chi connectivity index (χ0n) is 11.2. The van der Waals surface area contributed by atoms with E-state index in [2.05, 4.69) is 5.32 Å². The normalized spacial score (nSPS) is 11.2. The van der Waals surface area contributed by atoms with Gasteiger partial charge in [0.25, 0.3) is 5.91 Å². The van der Waals surface area contributed by atoms with Crippen molar-refractivity contribution < 1.29 is 18.0 Å². The minimum atomic E-state index is -4.56. The molecule has 0 spiro atoms. The number of benzene rings is 2. The Morgan fingerprint density at radius 3 is 2.29 bits per heavy atom. The van der Waals surface area contributed by atoms with Crippen LogP contribution in [0.3, 0.4) is 0 Å². The highest BCUT2D eigenvalue weighted by molar-refractivity contribution is 6.04. The number of amides is 1. The SMILES string of the molecule is Cc1ccc(C(=O)Nc2ccc(N)c(C(F)(F)F)c2)cc1. The lowest BCUT2D eigenvalue weighted by atomic mass is 10.1. The minimum absolute atomic E-state index is 0.0436. The number of carbonyl (C=O) groups excluding carboxylic acids is 1. The van der Waals surface area contributed by atoms with E-state index in [0.717, 1.165) is 17.7 Å². The molecule has 0 atom stereocenters. The molecule has 0 heterocycles. The zero-order chi connectivity index (χ0) is 15.6. The Labute approximate surface area is 119 Å². The Bertz CT molecular complexity index is 664. The number of nitrogens with one attached hydrogen (secondary N) is 1. The lowest BCUT2D eigenvalue weighted by molar-refractivity contribution is -0.136. The molecule has 2 aromatic carbocycles. The van der Waals surface area contributed by atoms with Crippen molar-refractivity contribution in [3.63, 3.8) is 0 Å². The predicted octanol–water partition coefficient (Wildman–Crippen LogP) is 3.85. The number of hydrogen-bond donors (Lipinski definition) is 2. The molecule has 0 saturated carbocycles. The van der Waals surface area contributed by atoms with Crippen LogP contribution in [0.15, 0.2) is 42.5 Å². The van der Waals surface area contributed by atoms with Gasteiger partial charge in [-0.1, -0.05) is 17.7 Å². The third-order valence-corrected chi connectivity index (χ3v) is 2.93. The van der Waals surface area contributed by atoms with Gasteiger partial charge in [-0.05, 0) is 37.3 Å². The Morgan fingerprint density at radius 2 is 1.71 bits per heavy atom. The number of nitrogens with two attached hydrogens (primary N) is 1. The third kappa shape index (κ3) is 3.53. The summed E-state index contributed by atoms with van der Waals surface area (Å²) in [5, 5.41) is 2.42. The molecule has 0 saturated heterocycles. The summed E-state index contributed by atoms with van der Waals surface area (Å²) >= 11 is 0. The summed E-state index contributed by atoms with van der Waals surface area (Å²) in [6.07, 6.45) is -4.56. The van der Waals surface area contributed by atoms with Crippen molar-refractivity contribution in [1.29, 1.82) is 0 Å². The first kappa shape index (κ1) is 14.9. The standard InChI is InChI=1S/C15H13F3N2O/c1-9-2-4-10(5-3-9)14(21)20-11-6-7-13(19)12(8-11)15(16,17)18/h2-8H,19H2,1H3,(H,20,21). The lowest BCUT2D eigenvalue weighted by Crippen LogP contribution is -2.14. The molecule has 0 unspecified atom stereocenters. The van der Waals surface area contributed by atoms with Gasteiger partial charge >= 0.3 is 6.18 Å². The summed E-state index contributed by atoms with van der Waals surface area (Å²) < 4.78 is 38.2. The fourth-order valence-electron chi connectivity index (χ4n) is 1.79. The molecule has 2 aromatic rings. The predicted molar refractivity (Wildman–Crippen MR) is 75.0 cm³/mol. The molecule has 6 heteroatoms. The zero-order valence-corrected chi connectivity index (χ0v) is 11.2. The molecule has 0 radical (unpaired) electrons. The van der Waals surface area contributed by atoms with Gasteiger partial charge in [0.2, 0.25) is 0 Å². The number of nitrogen functional groups attached to an aromatic ring is 1. The van der Waals surface area contributed by atoms with Gasteiger partial charge < -0.3 is 11.1 Å². The van der Waals surface area contributed by atoms with E-state index in [-0.39, 0.29) is 11.4 Å². The van der Waals surface area contributed by atoms with Crippen molar-refractivity contribution in [2.24, 2.45) is 0 Å². The van der Waals surface area contributed by atoms with Gasteiger partial charge in [-0.3, -0.25) is 4.79 Å². The van der Waals surface area contributed by atoms with Gasteiger partial charge in [-0.2, -0.15) is 13.2 Å². The van der Waals surface area contributed by atoms with Crippen LogP contribution in [0.5, 0.6) is 0 Å². The summed E-state index contributed by atoms with van der Waals surface area (Å²) in [7, 11) is 0. The van der Waals surface area contributed by atoms with Crippen LogP contribution >= 0.6 is 0 Å². The first-order valence-corrected chi connectivity index (χ1v) is 6.12. The topological polar surface area (TPSA) is 55.1 Å². The molecule has 0 aliphatic heterocycles. The van der Waals surface area contributed by atoms with Crippen LogP contribution in [-0.4, -0.2) is 5.91 Å². The van der Waals surface area contributed by atoms with Crippen LogP contribution in [0.1, 0.15) is 21.5 Å². The van der Waals surface area contributed by atoms with Crippen molar-refractivity contribution in [2.75, 3.05) is 11.1 Å². The number of anilines is 2. The van der Waals surface area contributed by atoms with Gasteiger partial charge in [-0.25, -0.2) is 0 Å². The largest absolute Gasteiger partial charge is 0.418 e. The molecule has 0 aliphatic rings. The Hall–Kier alpha value is -2.50. The van der Waals surface area contributed by atoms with Crippen molar-refractivity contribution in [3.8, 4) is 0 Å². The molecule has 0 fully saturated rings. The quantitative estimate of drug-likeness (QED) is 0.827. The molecular weight excluding hydrogens is 281 g/mol. The molecule has 3 N–H and O–H groups in total. The number of carbonyl (C=O) groups is 1. The highest BCUT2D eigenvalue weighted by atomic mass is 19.4. The third-order valence-electron chi connectivity index (χ3n) is 2.93. The van der Waals surface area contributed by atoms with Crippen molar-refractivity contribution >= 4 is 17.3 Å². The van der Waals surface area contributed by atoms with Crippen molar-refractivity contribution in [3.05, 3.63) is 59.2 Å². The molecule has 0 aromatic heterocycles. The lowest BCUT2D eigenvalue weighted by Gasteiger charge is -2.12. The van der Waals surface area contributed by atoms with Gasteiger partial charge in [0, 0.05) is 16.9 Å². The van der Waals surface area contributed by atoms with Crippen LogP contribution in [-0.2, 0) is 6.18 Å². The van der Waals surface area contributed by atoms with E-state index in [0.29, 0.717) is 5.56 Å². The summed E-state index contributed by atoms with van der Waals surface area (Å²) in [6.45, 7) is 1.87. The Balaban J connectivity index is 2.24. The smallest absolute Gasteiger partial charge is 0.398 e. The van der Waals surface area contributed by atoms with Gasteiger partial charge in [0.1, 0.15) is 0 Å². The first-order chi connectivity index (χ1) is 9.77. The van der Waals surface area contributed by atoms with Gasteiger partial charge in [-0.15, -0.1) is 0 Å². The van der Waals surface area contributed by atoms with E-state index in [9.17, 15) is 18.0 Å². The minimum Gasteiger partial charge on any atom is -0.398 e. The molecule has 1 amide bonds. The molecule has 21 heavy (non-hydrogen) atoms. The number of alkyl halides is 3. The molecular formula is C15H13F3N2O. The maximum absolute atomic E-state index is 12.7. The van der Waals surface area contributed by atoms with Gasteiger partial charge in [0.05, 0.1) is 5.56 Å². The van der Waals surface area contributed by atoms with E-state index in [1.165, 1.54) is 6.07 Å². The first-order valence-electron chi connectivity index (χ1n) is 6.12. The monoisotopic (exact) mass is 294 g/mol. The van der Waals surface area contributed by atoms with E-state index in [1.807, 2.05) is 6.92 Å². The van der Waals surface area contributed by atoms with Crippen LogP contribution in [0.4, 0.5) is 24.5 Å². The molecule has 0 aliphatic carbocycles. The number of rotatable bonds is 2. The second-order valence-corrected chi connectivity index (χ2v) is 4.62. The highest BCUT2D eigenvalue weighted by Gasteiger charge is 2.33. The number of aryl methyl sites for hydroxylation is 1. The van der Waals surface area contributed by atoms with Crippen molar-refractivity contribution in [2.45, 2.75) is 13.1 Å². The van der Waals surface area contributed by atoms with E-state index in [1.54, 1.807) is 24.3 Å². The highest BCUT2D eigenvalue weighted by Crippen LogP contribution is 2.35. The second-order valence-electron chi connectivity index (χ2n) is 4.62. The average Bonchev–Trinajstić information content (AvgIpc) is 2.40. The molecule has 3 nitrogen and oxygen atoms in total. The molecule has 2 rings (SSSR count). The molecule has 110 valence electrons. The number of hydrogen-bond acceptors (Lipinski definition) is 2. The Kier molecular flexibility index (Phi) is 3.88. The van der Waals surface area contributed by atoms with Gasteiger partial charge in [0.15, 0.2) is 0 Å². The second kappa shape index (κ2) is 5.47. The average molecular weight is 294 g/mol. The van der Waals surface area contributed by atoms with E-state index >= 15 is 0 Å². The summed E-state index contributed by atoms with van der Waals surface area (Å²) in [5.74, 6) is -0.479. The van der Waals surface area contributed by atoms with Crippen LogP contribution in [0, 0.1) is 6.92 Å². The van der Waals surface area contributed by atoms with E-state index in [4.69, 9.17) is 5.73 Å². The number of halogens is 3. The fourth-order valence-corrected chi connectivity index (χ4v) is 1.79. The van der Waals surface area contributed by atoms with Crippen LogP contribution < -0.4 is 11.1 Å². The summed E-state index contributed by atoms with van der Waals surface area (Å²) in [4.78, 5) is 11.9. The fraction of sp³-hybridized carbons (Fsp3) is 0.133. The summed E-state index contributed by atoms with van der Waals surface area (Å²) in [6, 6.07) is 9.98. The van der Waals surface area contributed by atoms with Crippen LogP contribution in [0.25, 0.3) is 0 Å². The maximum Gasteiger partial charge on any atom is 0.418 e. The van der Waals surface area contributed by atoms with Crippen molar-refractivity contribution in [1.82, 2.24) is 0 Å². The Morgan fingerprint density at radius 1 is 1.10 bits per heavy atom. The van der Waals surface area contributed by atoms with Crippen LogP contribution in [0.2, 0.25) is 0 Å². The van der Waals surface area contributed by atoms with E-state index < -0.39 is 17.6 Å². The maximum atomic E-state index is 12.7. The summed E-state index contributed by atoms with van der Waals surface area (Å²) in [5.41, 5.74) is 5.35.